The Morgan fingerprint density at radius 1 is 0.196 bits per heavy atom. The van der Waals surface area contributed by atoms with Gasteiger partial charge in [0.25, 0.3) is 0 Å². The fraction of sp³-hybridized carbons (Fsp3) is 0.889. The summed E-state index contributed by atoms with van der Waals surface area (Å²) in [4.78, 5) is 0. The Morgan fingerprint density at radius 3 is 0.464 bits per heavy atom. The molecule has 1 aromatic rings. The molecule has 2 N–H and O–H groups in total. The number of phenols is 2. The van der Waals surface area contributed by atoms with Gasteiger partial charge in [-0.25, -0.2) is 0 Å². The Morgan fingerprint density at radius 2 is 0.321 bits per heavy atom. The van der Waals surface area contributed by atoms with Gasteiger partial charge in [-0.05, 0) is 51.4 Å². The minimum absolute atomic E-state index is 0.582. The van der Waals surface area contributed by atoms with Crippen LogP contribution in [0.3, 0.4) is 0 Å². The van der Waals surface area contributed by atoms with Gasteiger partial charge in [0.1, 0.15) is 11.5 Å². The summed E-state index contributed by atoms with van der Waals surface area (Å²) in [5, 5.41) is 24.3. The van der Waals surface area contributed by atoms with Gasteiger partial charge in [-0.2, -0.15) is 0 Å². The first-order chi connectivity index (χ1) is 27.6. The van der Waals surface area contributed by atoms with E-state index >= 15 is 0 Å². The molecule has 0 amide bonds. The summed E-state index contributed by atoms with van der Waals surface area (Å²) in [6.45, 7) is 9.20. The summed E-state index contributed by atoms with van der Waals surface area (Å²) in [5.74, 6) is 1.16. The number of phenolic OH excluding ortho intramolecular Hbond substituents is 2. The summed E-state index contributed by atoms with van der Waals surface area (Å²) in [6.07, 6.45) is 56.8. The Kier molecular flexibility index (Phi) is 38.3. The van der Waals surface area contributed by atoms with Gasteiger partial charge in [-0.3, -0.25) is 0 Å². The van der Waals surface area contributed by atoms with Crippen molar-refractivity contribution in [3.63, 3.8) is 0 Å². The summed E-state index contributed by atoms with van der Waals surface area (Å²) in [7, 11) is 0. The third-order valence-electron chi connectivity index (χ3n) is 13.0. The topological polar surface area (TPSA) is 40.5 Å². The van der Waals surface area contributed by atoms with E-state index in [1.54, 1.807) is 0 Å². The van der Waals surface area contributed by atoms with Crippen molar-refractivity contribution in [1.82, 2.24) is 0 Å². The van der Waals surface area contributed by atoms with Gasteiger partial charge in [0.2, 0.25) is 0 Å². The second-order valence-electron chi connectivity index (χ2n) is 18.3. The highest BCUT2D eigenvalue weighted by Gasteiger charge is 2.23. The van der Waals surface area contributed by atoms with E-state index in [1.165, 1.54) is 231 Å². The maximum atomic E-state index is 12.2. The second kappa shape index (κ2) is 40.6. The Bertz CT molecular complexity index is 816. The molecule has 0 unspecified atom stereocenters. The van der Waals surface area contributed by atoms with Gasteiger partial charge in [0, 0.05) is 22.3 Å². The van der Waals surface area contributed by atoms with Gasteiger partial charge >= 0.3 is 0 Å². The van der Waals surface area contributed by atoms with Crippen LogP contribution in [0.4, 0.5) is 0 Å². The monoisotopic (exact) mass is 783 g/mol. The molecule has 1 rings (SSSR count). The zero-order valence-electron chi connectivity index (χ0n) is 39.0. The lowest BCUT2D eigenvalue weighted by atomic mass is 9.85. The van der Waals surface area contributed by atoms with Crippen LogP contribution >= 0.6 is 0 Å². The van der Waals surface area contributed by atoms with Gasteiger partial charge < -0.3 is 10.2 Å². The zero-order chi connectivity index (χ0) is 40.6. The Hall–Kier alpha value is -1.18. The van der Waals surface area contributed by atoms with E-state index in [0.717, 1.165) is 73.6 Å². The number of rotatable bonds is 44. The lowest BCUT2D eigenvalue weighted by Crippen LogP contribution is -2.06. The molecule has 0 spiro atoms. The van der Waals surface area contributed by atoms with Crippen LogP contribution in [0, 0.1) is 0 Å². The summed E-state index contributed by atoms with van der Waals surface area (Å²) >= 11 is 0. The lowest BCUT2D eigenvalue weighted by Gasteiger charge is -2.22. The highest BCUT2D eigenvalue weighted by molar-refractivity contribution is 5.58. The molecule has 2 nitrogen and oxygen atoms in total. The molecule has 56 heavy (non-hydrogen) atoms. The molecule has 0 saturated carbocycles. The van der Waals surface area contributed by atoms with Crippen LogP contribution in [-0.4, -0.2) is 10.2 Å². The first-order valence-electron chi connectivity index (χ1n) is 26.2. The normalized spacial score (nSPS) is 11.6. The van der Waals surface area contributed by atoms with E-state index in [2.05, 4.69) is 27.7 Å². The van der Waals surface area contributed by atoms with Gasteiger partial charge in [0.05, 0.1) is 0 Å². The SMILES string of the molecule is CCCCCCCCCCCCc1c(O)c(CCCCCCCCCCCC)c(CCCCCCCCCCCC)c(O)c1CCCCCCCCCCCC. The molecule has 0 aromatic heterocycles. The standard InChI is InChI=1S/C54H102O2/c1-5-9-13-17-21-25-29-33-37-41-45-49-50(46-42-38-34-30-26-22-18-14-10-6-2)54(56)52(48-44-40-36-32-28-24-20-16-12-8-4)51(53(49)55)47-43-39-35-31-27-23-19-15-11-7-3/h55-56H,5-48H2,1-4H3. The summed E-state index contributed by atoms with van der Waals surface area (Å²) in [6, 6.07) is 0. The molecule has 0 aliphatic rings. The third kappa shape index (κ3) is 28.3. The predicted octanol–water partition coefficient (Wildman–Crippen LogP) is 19.0. The molecule has 0 atom stereocenters. The maximum absolute atomic E-state index is 12.2. The molecule has 0 heterocycles. The number of benzene rings is 1. The largest absolute Gasteiger partial charge is 0.507 e. The molecule has 0 radical (unpaired) electrons. The van der Waals surface area contributed by atoms with E-state index in [4.69, 9.17) is 0 Å². The van der Waals surface area contributed by atoms with Crippen LogP contribution < -0.4 is 0 Å². The summed E-state index contributed by atoms with van der Waals surface area (Å²) in [5.41, 5.74) is 4.47. The molecule has 0 fully saturated rings. The van der Waals surface area contributed by atoms with Crippen LogP contribution in [-0.2, 0) is 25.7 Å². The highest BCUT2D eigenvalue weighted by Crippen LogP contribution is 2.41. The summed E-state index contributed by atoms with van der Waals surface area (Å²) < 4.78 is 0. The van der Waals surface area contributed by atoms with Gasteiger partial charge in [-0.1, -0.05) is 259 Å². The van der Waals surface area contributed by atoms with Crippen molar-refractivity contribution >= 4 is 0 Å². The van der Waals surface area contributed by atoms with Crippen LogP contribution in [0.25, 0.3) is 0 Å². The fourth-order valence-electron chi connectivity index (χ4n) is 9.17. The maximum Gasteiger partial charge on any atom is 0.122 e. The van der Waals surface area contributed by atoms with Gasteiger partial charge in [0.15, 0.2) is 0 Å². The van der Waals surface area contributed by atoms with Crippen molar-refractivity contribution in [2.45, 2.75) is 310 Å². The minimum Gasteiger partial charge on any atom is -0.507 e. The number of aromatic hydroxyl groups is 2. The van der Waals surface area contributed by atoms with E-state index in [1.807, 2.05) is 0 Å². The average Bonchev–Trinajstić information content (AvgIpc) is 3.20. The number of hydrogen-bond acceptors (Lipinski definition) is 2. The lowest BCUT2D eigenvalue weighted by molar-refractivity contribution is 0.429. The number of hydrogen-bond donors (Lipinski definition) is 2. The smallest absolute Gasteiger partial charge is 0.122 e. The van der Waals surface area contributed by atoms with Crippen molar-refractivity contribution < 1.29 is 10.2 Å². The third-order valence-corrected chi connectivity index (χ3v) is 13.0. The first kappa shape index (κ1) is 52.8. The highest BCUT2D eigenvalue weighted by atomic mass is 16.3. The zero-order valence-corrected chi connectivity index (χ0v) is 39.0. The molecular weight excluding hydrogens is 681 g/mol. The molecular formula is C54H102O2. The predicted molar refractivity (Wildman–Crippen MR) is 252 cm³/mol. The van der Waals surface area contributed by atoms with Crippen molar-refractivity contribution in [2.24, 2.45) is 0 Å². The van der Waals surface area contributed by atoms with Crippen LogP contribution in [0.1, 0.15) is 307 Å². The van der Waals surface area contributed by atoms with Crippen molar-refractivity contribution in [3.8, 4) is 11.5 Å². The van der Waals surface area contributed by atoms with E-state index < -0.39 is 0 Å². The Labute approximate surface area is 353 Å². The minimum atomic E-state index is 0.582. The van der Waals surface area contributed by atoms with Crippen molar-refractivity contribution in [1.29, 1.82) is 0 Å². The average molecular weight is 783 g/mol. The Balaban J connectivity index is 2.97. The van der Waals surface area contributed by atoms with E-state index in [0.29, 0.717) is 11.5 Å². The van der Waals surface area contributed by atoms with Crippen LogP contribution in [0.2, 0.25) is 0 Å². The molecule has 0 bridgehead atoms. The molecule has 330 valence electrons. The van der Waals surface area contributed by atoms with Crippen molar-refractivity contribution in [2.75, 3.05) is 0 Å². The van der Waals surface area contributed by atoms with E-state index in [-0.39, 0.29) is 0 Å². The quantitative estimate of drug-likeness (QED) is 0.0511. The van der Waals surface area contributed by atoms with Crippen molar-refractivity contribution in [3.05, 3.63) is 22.3 Å². The number of unbranched alkanes of at least 4 members (excludes halogenated alkanes) is 36. The second-order valence-corrected chi connectivity index (χ2v) is 18.3. The molecule has 0 saturated heterocycles. The van der Waals surface area contributed by atoms with Crippen LogP contribution in [0.5, 0.6) is 11.5 Å². The molecule has 0 aliphatic carbocycles. The molecule has 2 heteroatoms. The fourth-order valence-corrected chi connectivity index (χ4v) is 9.17. The first-order valence-corrected chi connectivity index (χ1v) is 26.2. The molecule has 0 aliphatic heterocycles. The van der Waals surface area contributed by atoms with Gasteiger partial charge in [-0.15, -0.1) is 0 Å². The molecule has 1 aromatic carbocycles. The van der Waals surface area contributed by atoms with E-state index in [9.17, 15) is 10.2 Å². The van der Waals surface area contributed by atoms with Crippen LogP contribution in [0.15, 0.2) is 0 Å².